The molecule has 0 spiro atoms. The summed E-state index contributed by atoms with van der Waals surface area (Å²) in [6, 6.07) is 6.66. The van der Waals surface area contributed by atoms with E-state index in [0.717, 1.165) is 6.07 Å². The molecule has 0 saturated carbocycles. The summed E-state index contributed by atoms with van der Waals surface area (Å²) in [4.78, 5) is -1.21. The molecule has 1 N–H and O–H groups in total. The van der Waals surface area contributed by atoms with Crippen molar-refractivity contribution in [3.8, 4) is 6.07 Å². The number of hydrogen-bond acceptors (Lipinski definition) is 3. The molecule has 2 aromatic carbocycles. The molecule has 0 fully saturated rings. The van der Waals surface area contributed by atoms with Crippen molar-refractivity contribution in [3.05, 3.63) is 59.2 Å². The van der Waals surface area contributed by atoms with Crippen LogP contribution < -0.4 is 4.72 Å². The Hall–Kier alpha value is -2.74. The summed E-state index contributed by atoms with van der Waals surface area (Å²) in [5.74, 6) is 0. The predicted octanol–water partition coefficient (Wildman–Crippen LogP) is 4.40. The molecular formula is C15H8F6N2O2S. The van der Waals surface area contributed by atoms with E-state index in [2.05, 4.69) is 0 Å². The Labute approximate surface area is 143 Å². The zero-order valence-electron chi connectivity index (χ0n) is 12.5. The van der Waals surface area contributed by atoms with Gasteiger partial charge in [-0.1, -0.05) is 6.07 Å². The number of benzene rings is 2. The molecule has 2 aromatic rings. The Morgan fingerprint density at radius 2 is 1.42 bits per heavy atom. The number of rotatable bonds is 3. The van der Waals surface area contributed by atoms with Crippen molar-refractivity contribution in [2.24, 2.45) is 0 Å². The minimum absolute atomic E-state index is 0.0465. The predicted molar refractivity (Wildman–Crippen MR) is 78.4 cm³/mol. The van der Waals surface area contributed by atoms with E-state index >= 15 is 0 Å². The maximum absolute atomic E-state index is 12.8. The quantitative estimate of drug-likeness (QED) is 0.785. The molecule has 0 atom stereocenters. The molecule has 11 heteroatoms. The highest BCUT2D eigenvalue weighted by Crippen LogP contribution is 2.37. The second-order valence-electron chi connectivity index (χ2n) is 5.04. The number of halogens is 6. The van der Waals surface area contributed by atoms with E-state index in [0.29, 0.717) is 0 Å². The van der Waals surface area contributed by atoms with Crippen LogP contribution in [0.2, 0.25) is 0 Å². The van der Waals surface area contributed by atoms with Crippen LogP contribution in [0.25, 0.3) is 0 Å². The standard InChI is InChI=1S/C15H8F6N2O2S/c16-14(17,18)10-5-11(15(19,20)21)7-13(6-10)26(24,25)23-12-3-1-2-9(4-12)8-22/h1-7,23H. The molecule has 138 valence electrons. The SMILES string of the molecule is N#Cc1cccc(NS(=O)(=O)c2cc(C(F)(F)F)cc(C(F)(F)F)c2)c1. The van der Waals surface area contributed by atoms with Gasteiger partial charge in [0.2, 0.25) is 0 Å². The van der Waals surface area contributed by atoms with E-state index in [4.69, 9.17) is 5.26 Å². The Balaban J connectivity index is 2.56. The number of sulfonamides is 1. The largest absolute Gasteiger partial charge is 0.416 e. The van der Waals surface area contributed by atoms with Crippen molar-refractivity contribution in [1.29, 1.82) is 5.26 Å². The zero-order valence-corrected chi connectivity index (χ0v) is 13.3. The number of hydrogen-bond donors (Lipinski definition) is 1. The number of anilines is 1. The minimum Gasteiger partial charge on any atom is -0.280 e. The highest BCUT2D eigenvalue weighted by Gasteiger charge is 2.38. The van der Waals surface area contributed by atoms with Gasteiger partial charge in [-0.3, -0.25) is 4.72 Å². The third-order valence-electron chi connectivity index (χ3n) is 3.12. The first-order chi connectivity index (χ1) is 11.8. The number of alkyl halides is 6. The summed E-state index contributed by atoms with van der Waals surface area (Å²) in [7, 11) is -4.76. The highest BCUT2D eigenvalue weighted by molar-refractivity contribution is 7.92. The van der Waals surface area contributed by atoms with Crippen LogP contribution in [-0.2, 0) is 22.4 Å². The second-order valence-corrected chi connectivity index (χ2v) is 6.72. The summed E-state index contributed by atoms with van der Waals surface area (Å²) in [6.45, 7) is 0. The van der Waals surface area contributed by atoms with Gasteiger partial charge < -0.3 is 0 Å². The van der Waals surface area contributed by atoms with Gasteiger partial charge in [0.1, 0.15) is 0 Å². The van der Waals surface area contributed by atoms with Gasteiger partial charge >= 0.3 is 12.4 Å². The van der Waals surface area contributed by atoms with Crippen molar-refractivity contribution in [1.82, 2.24) is 0 Å². The Bertz CT molecular complexity index is 943. The monoisotopic (exact) mass is 394 g/mol. The summed E-state index contributed by atoms with van der Waals surface area (Å²) in [6.07, 6.45) is -10.3. The van der Waals surface area contributed by atoms with E-state index < -0.39 is 38.4 Å². The molecule has 0 aliphatic rings. The lowest BCUT2D eigenvalue weighted by Gasteiger charge is -2.15. The third kappa shape index (κ3) is 4.45. The van der Waals surface area contributed by atoms with Gasteiger partial charge in [0.25, 0.3) is 10.0 Å². The molecule has 0 heterocycles. The average molecular weight is 394 g/mol. The lowest BCUT2D eigenvalue weighted by atomic mass is 10.1. The van der Waals surface area contributed by atoms with Crippen molar-refractivity contribution < 1.29 is 34.8 Å². The lowest BCUT2D eigenvalue weighted by Crippen LogP contribution is -2.17. The van der Waals surface area contributed by atoms with Crippen molar-refractivity contribution >= 4 is 15.7 Å². The normalized spacial score (nSPS) is 12.5. The first-order valence-corrected chi connectivity index (χ1v) is 8.14. The molecule has 4 nitrogen and oxygen atoms in total. The topological polar surface area (TPSA) is 70.0 Å². The van der Waals surface area contributed by atoms with Crippen LogP contribution in [0, 0.1) is 11.3 Å². The Kier molecular flexibility index (Phi) is 4.92. The van der Waals surface area contributed by atoms with Crippen LogP contribution in [0.3, 0.4) is 0 Å². The van der Waals surface area contributed by atoms with Gasteiger partial charge in [0.15, 0.2) is 0 Å². The van der Waals surface area contributed by atoms with E-state index in [1.165, 1.54) is 18.2 Å². The van der Waals surface area contributed by atoms with Gasteiger partial charge in [0, 0.05) is 0 Å². The molecule has 0 aliphatic heterocycles. The molecule has 0 aliphatic carbocycles. The van der Waals surface area contributed by atoms with Crippen molar-refractivity contribution in [2.75, 3.05) is 4.72 Å². The molecule has 0 aromatic heterocycles. The molecular weight excluding hydrogens is 386 g/mol. The van der Waals surface area contributed by atoms with Crippen LogP contribution in [0.4, 0.5) is 32.0 Å². The third-order valence-corrected chi connectivity index (χ3v) is 4.48. The van der Waals surface area contributed by atoms with Crippen LogP contribution in [-0.4, -0.2) is 8.42 Å². The van der Waals surface area contributed by atoms with E-state index in [1.54, 1.807) is 6.07 Å². The zero-order chi connectivity index (χ0) is 19.8. The minimum atomic E-state index is -5.17. The highest BCUT2D eigenvalue weighted by atomic mass is 32.2. The van der Waals surface area contributed by atoms with Gasteiger partial charge in [-0.25, -0.2) is 8.42 Å². The molecule has 0 saturated heterocycles. The van der Waals surface area contributed by atoms with E-state index in [9.17, 15) is 34.8 Å². The first-order valence-electron chi connectivity index (χ1n) is 6.65. The fourth-order valence-corrected chi connectivity index (χ4v) is 3.07. The molecule has 0 unspecified atom stereocenters. The second kappa shape index (κ2) is 6.53. The maximum Gasteiger partial charge on any atom is 0.416 e. The van der Waals surface area contributed by atoms with Crippen molar-refractivity contribution in [3.63, 3.8) is 0 Å². The maximum atomic E-state index is 12.8. The van der Waals surface area contributed by atoms with Crippen molar-refractivity contribution in [2.45, 2.75) is 17.2 Å². The summed E-state index contributed by atoms with van der Waals surface area (Å²) in [5.41, 5.74) is -3.64. The van der Waals surface area contributed by atoms with Crippen LogP contribution in [0.5, 0.6) is 0 Å². The summed E-state index contributed by atoms with van der Waals surface area (Å²) < 4.78 is 103. The lowest BCUT2D eigenvalue weighted by molar-refractivity contribution is -0.143. The molecule has 26 heavy (non-hydrogen) atoms. The Morgan fingerprint density at radius 1 is 0.885 bits per heavy atom. The number of nitriles is 1. The van der Waals surface area contributed by atoms with Gasteiger partial charge in [-0.05, 0) is 36.4 Å². The van der Waals surface area contributed by atoms with Crippen LogP contribution in [0.1, 0.15) is 16.7 Å². The molecule has 0 radical (unpaired) electrons. The van der Waals surface area contributed by atoms with E-state index in [-0.39, 0.29) is 29.4 Å². The fourth-order valence-electron chi connectivity index (χ4n) is 1.95. The number of nitrogens with zero attached hydrogens (tertiary/aromatic N) is 1. The van der Waals surface area contributed by atoms with Gasteiger partial charge in [0.05, 0.1) is 33.3 Å². The molecule has 0 bridgehead atoms. The summed E-state index contributed by atoms with van der Waals surface area (Å²) >= 11 is 0. The molecule has 0 amide bonds. The van der Waals surface area contributed by atoms with Crippen LogP contribution >= 0.6 is 0 Å². The average Bonchev–Trinajstić information content (AvgIpc) is 2.52. The first kappa shape index (κ1) is 19.6. The van der Waals surface area contributed by atoms with Gasteiger partial charge in [-0.15, -0.1) is 0 Å². The fraction of sp³-hybridized carbons (Fsp3) is 0.133. The smallest absolute Gasteiger partial charge is 0.280 e. The Morgan fingerprint density at radius 3 is 1.88 bits per heavy atom. The number of nitrogens with one attached hydrogen (secondary N) is 1. The molecule has 2 rings (SSSR count). The summed E-state index contributed by atoms with van der Waals surface area (Å²) in [5, 5.41) is 8.75. The van der Waals surface area contributed by atoms with E-state index in [1.807, 2.05) is 4.72 Å². The van der Waals surface area contributed by atoms with Gasteiger partial charge in [-0.2, -0.15) is 31.6 Å². The van der Waals surface area contributed by atoms with Crippen LogP contribution in [0.15, 0.2) is 47.4 Å².